The van der Waals surface area contributed by atoms with E-state index in [-0.39, 0.29) is 17.0 Å². The van der Waals surface area contributed by atoms with E-state index in [4.69, 9.17) is 17.0 Å². The molecule has 2 aromatic heterocycles. The summed E-state index contributed by atoms with van der Waals surface area (Å²) < 4.78 is 0. The number of aryl methyl sites for hydroxylation is 1. The first-order valence-electron chi connectivity index (χ1n) is 7.90. The van der Waals surface area contributed by atoms with E-state index in [1.165, 1.54) is 17.5 Å². The average Bonchev–Trinajstić information content (AvgIpc) is 3.09. The molecule has 0 bridgehead atoms. The summed E-state index contributed by atoms with van der Waals surface area (Å²) >= 11 is 7.33. The molecule has 132 valence electrons. The van der Waals surface area contributed by atoms with Crippen molar-refractivity contribution >= 4 is 34.4 Å². The van der Waals surface area contributed by atoms with Crippen LogP contribution in [0.3, 0.4) is 0 Å². The van der Waals surface area contributed by atoms with Crippen LogP contribution in [0.1, 0.15) is 27.0 Å². The molecular formula is C20H17ClN2O2S. The predicted molar refractivity (Wildman–Crippen MR) is 106 cm³/mol. The molecular weight excluding hydrogens is 368 g/mol. The third kappa shape index (κ3) is 3.85. The summed E-state index contributed by atoms with van der Waals surface area (Å²) in [7, 11) is 0. The number of aliphatic hydroxyl groups is 2. The number of halogens is 1. The van der Waals surface area contributed by atoms with Crippen molar-refractivity contribution in [3.63, 3.8) is 0 Å². The number of benzene rings is 1. The van der Waals surface area contributed by atoms with E-state index in [9.17, 15) is 10.2 Å². The Kier molecular flexibility index (Phi) is 5.52. The van der Waals surface area contributed by atoms with E-state index in [1.54, 1.807) is 48.7 Å². The number of rotatable bonds is 5. The number of aromatic nitrogens is 1. The molecule has 2 heterocycles. The van der Waals surface area contributed by atoms with Crippen molar-refractivity contribution in [1.29, 1.82) is 5.41 Å². The number of nitrogens with zero attached hydrogens (tertiary/aromatic N) is 1. The molecule has 0 amide bonds. The lowest BCUT2D eigenvalue weighted by atomic mass is 9.93. The molecule has 6 heteroatoms. The summed E-state index contributed by atoms with van der Waals surface area (Å²) in [6, 6.07) is 13.8. The number of pyridine rings is 1. The van der Waals surface area contributed by atoms with Crippen molar-refractivity contribution in [2.45, 2.75) is 13.0 Å². The van der Waals surface area contributed by atoms with E-state index in [2.05, 4.69) is 4.98 Å². The second-order valence-corrected chi connectivity index (χ2v) is 7.47. The van der Waals surface area contributed by atoms with Gasteiger partial charge in [0.05, 0.1) is 16.2 Å². The van der Waals surface area contributed by atoms with Crippen LogP contribution in [-0.2, 0) is 0 Å². The summed E-state index contributed by atoms with van der Waals surface area (Å²) in [5, 5.41) is 30.9. The molecule has 1 atom stereocenters. The van der Waals surface area contributed by atoms with Crippen LogP contribution >= 0.6 is 22.9 Å². The summed E-state index contributed by atoms with van der Waals surface area (Å²) in [5.74, 6) is -0.112. The molecule has 4 nitrogen and oxygen atoms in total. The van der Waals surface area contributed by atoms with Gasteiger partial charge in [-0.15, -0.1) is 11.3 Å². The molecule has 3 N–H and O–H groups in total. The molecule has 0 radical (unpaired) electrons. The molecule has 0 fully saturated rings. The van der Waals surface area contributed by atoms with Gasteiger partial charge >= 0.3 is 0 Å². The van der Waals surface area contributed by atoms with Crippen molar-refractivity contribution < 1.29 is 10.2 Å². The van der Waals surface area contributed by atoms with E-state index in [1.807, 2.05) is 13.0 Å². The maximum absolute atomic E-state index is 10.9. The first kappa shape index (κ1) is 18.3. The van der Waals surface area contributed by atoms with Crippen LogP contribution in [0, 0.1) is 12.3 Å². The Bertz CT molecular complexity index is 949. The number of nitrogens with one attached hydrogen (secondary N) is 1. The lowest BCUT2D eigenvalue weighted by Crippen LogP contribution is -2.14. The van der Waals surface area contributed by atoms with Gasteiger partial charge in [0, 0.05) is 33.4 Å². The molecule has 26 heavy (non-hydrogen) atoms. The highest BCUT2D eigenvalue weighted by atomic mass is 35.5. The fraction of sp³-hybridized carbons (Fsp3) is 0.100. The minimum atomic E-state index is -1.19. The van der Waals surface area contributed by atoms with Gasteiger partial charge < -0.3 is 10.2 Å². The van der Waals surface area contributed by atoms with Crippen LogP contribution in [0.4, 0.5) is 0 Å². The Labute approximate surface area is 160 Å². The number of hydrogen-bond donors (Lipinski definition) is 3. The third-order valence-electron chi connectivity index (χ3n) is 3.90. The van der Waals surface area contributed by atoms with Gasteiger partial charge in [-0.1, -0.05) is 29.8 Å². The highest BCUT2D eigenvalue weighted by Crippen LogP contribution is 2.33. The molecule has 0 aliphatic heterocycles. The molecule has 0 spiro atoms. The molecule has 1 unspecified atom stereocenters. The first-order chi connectivity index (χ1) is 12.5. The number of hydrogen-bond acceptors (Lipinski definition) is 5. The topological polar surface area (TPSA) is 77.2 Å². The fourth-order valence-corrected chi connectivity index (χ4v) is 3.51. The van der Waals surface area contributed by atoms with Gasteiger partial charge in [-0.2, -0.15) is 0 Å². The van der Waals surface area contributed by atoms with Crippen LogP contribution in [0.15, 0.2) is 66.5 Å². The second kappa shape index (κ2) is 7.83. The lowest BCUT2D eigenvalue weighted by molar-refractivity contribution is 0.219. The third-order valence-corrected chi connectivity index (χ3v) is 5.16. The highest BCUT2D eigenvalue weighted by Gasteiger charge is 2.25. The summed E-state index contributed by atoms with van der Waals surface area (Å²) in [5.41, 5.74) is 1.21. The zero-order chi connectivity index (χ0) is 18.7. The van der Waals surface area contributed by atoms with Gasteiger partial charge in [0.2, 0.25) is 0 Å². The van der Waals surface area contributed by atoms with E-state index < -0.39 is 6.10 Å². The Morgan fingerprint density at radius 3 is 2.46 bits per heavy atom. The van der Waals surface area contributed by atoms with Crippen LogP contribution in [0.2, 0.25) is 5.02 Å². The maximum Gasteiger partial charge on any atom is 0.141 e. The zero-order valence-corrected chi connectivity index (χ0v) is 15.6. The van der Waals surface area contributed by atoms with Crippen molar-refractivity contribution in [1.82, 2.24) is 4.98 Å². The van der Waals surface area contributed by atoms with Crippen LogP contribution < -0.4 is 0 Å². The standard InChI is InChI=1S/C20H17ClN2O2S/c1-12-4-9-16(26-12)20(25)17(19(24)14-3-2-10-23-11-14)18(22)13-5-7-15(21)8-6-13/h2-11,19,22,24-25H,1H3/b20-17+,22-18?. The minimum Gasteiger partial charge on any atom is -0.506 e. The van der Waals surface area contributed by atoms with Gasteiger partial charge in [-0.05, 0) is 37.3 Å². The Balaban J connectivity index is 2.12. The number of aliphatic hydroxyl groups excluding tert-OH is 2. The van der Waals surface area contributed by atoms with Gasteiger partial charge in [-0.25, -0.2) is 0 Å². The van der Waals surface area contributed by atoms with Gasteiger partial charge in [0.1, 0.15) is 11.9 Å². The number of thiophene rings is 1. The molecule has 3 aromatic rings. The van der Waals surface area contributed by atoms with Crippen molar-refractivity contribution in [2.75, 3.05) is 0 Å². The van der Waals surface area contributed by atoms with E-state index in [0.29, 0.717) is 21.0 Å². The Morgan fingerprint density at radius 1 is 1.15 bits per heavy atom. The van der Waals surface area contributed by atoms with Gasteiger partial charge in [0.25, 0.3) is 0 Å². The summed E-state index contributed by atoms with van der Waals surface area (Å²) in [6.45, 7) is 1.93. The highest BCUT2D eigenvalue weighted by molar-refractivity contribution is 7.13. The molecule has 1 aromatic carbocycles. The second-order valence-electron chi connectivity index (χ2n) is 5.74. The molecule has 0 aliphatic carbocycles. The lowest BCUT2D eigenvalue weighted by Gasteiger charge is -2.18. The normalized spacial score (nSPS) is 13.2. The first-order valence-corrected chi connectivity index (χ1v) is 9.09. The maximum atomic E-state index is 10.9. The van der Waals surface area contributed by atoms with Crippen molar-refractivity contribution in [2.24, 2.45) is 0 Å². The predicted octanol–water partition coefficient (Wildman–Crippen LogP) is 5.18. The zero-order valence-electron chi connectivity index (χ0n) is 14.0. The minimum absolute atomic E-state index is 0.0292. The van der Waals surface area contributed by atoms with E-state index in [0.717, 1.165) is 4.88 Å². The van der Waals surface area contributed by atoms with Crippen molar-refractivity contribution in [3.8, 4) is 0 Å². The van der Waals surface area contributed by atoms with Crippen LogP contribution in [0.25, 0.3) is 5.76 Å². The summed E-state index contributed by atoms with van der Waals surface area (Å²) in [4.78, 5) is 5.64. The van der Waals surface area contributed by atoms with Crippen LogP contribution in [-0.4, -0.2) is 20.9 Å². The smallest absolute Gasteiger partial charge is 0.141 e. The molecule has 0 aliphatic rings. The Hall–Kier alpha value is -2.47. The molecule has 0 saturated carbocycles. The summed E-state index contributed by atoms with van der Waals surface area (Å²) in [6.07, 6.45) is 1.94. The Morgan fingerprint density at radius 2 is 1.88 bits per heavy atom. The van der Waals surface area contributed by atoms with Crippen LogP contribution in [0.5, 0.6) is 0 Å². The average molecular weight is 385 g/mol. The monoisotopic (exact) mass is 384 g/mol. The van der Waals surface area contributed by atoms with Gasteiger partial charge in [-0.3, -0.25) is 10.4 Å². The van der Waals surface area contributed by atoms with Crippen molar-refractivity contribution in [3.05, 3.63) is 92.4 Å². The SMILES string of the molecule is Cc1ccc(/C(O)=C(/C(=N)c2ccc(Cl)cc2)C(O)c2cccnc2)s1. The van der Waals surface area contributed by atoms with Gasteiger partial charge in [0.15, 0.2) is 0 Å². The quantitative estimate of drug-likeness (QED) is 0.419. The fourth-order valence-electron chi connectivity index (χ4n) is 2.56. The largest absolute Gasteiger partial charge is 0.506 e. The molecule has 0 saturated heterocycles. The van der Waals surface area contributed by atoms with E-state index >= 15 is 0 Å². The molecule has 3 rings (SSSR count).